The Hall–Kier alpha value is -2.24. The van der Waals surface area contributed by atoms with Gasteiger partial charge in [0, 0.05) is 11.8 Å². The Bertz CT molecular complexity index is 514. The molecule has 6 heteroatoms. The van der Waals surface area contributed by atoms with E-state index in [1.54, 1.807) is 18.3 Å². The topological polar surface area (TPSA) is 69.2 Å². The highest BCUT2D eigenvalue weighted by Gasteiger charge is 2.18. The molecule has 1 aromatic rings. The number of nitrogens with one attached hydrogen (secondary N) is 1. The maximum Gasteiger partial charge on any atom is 0.271 e. The fourth-order valence-electron chi connectivity index (χ4n) is 1.83. The number of rotatable bonds is 9. The van der Waals surface area contributed by atoms with E-state index in [0.29, 0.717) is 42.6 Å². The van der Waals surface area contributed by atoms with Gasteiger partial charge in [0.25, 0.3) is 5.91 Å². The van der Waals surface area contributed by atoms with E-state index < -0.39 is 0 Å². The lowest BCUT2D eigenvalue weighted by Gasteiger charge is -2.16. The van der Waals surface area contributed by atoms with Gasteiger partial charge in [-0.25, -0.2) is 5.43 Å². The van der Waals surface area contributed by atoms with Crippen molar-refractivity contribution in [3.8, 4) is 17.2 Å². The summed E-state index contributed by atoms with van der Waals surface area (Å²) in [6.45, 7) is 11.0. The minimum absolute atomic E-state index is 0.258. The molecule has 23 heavy (non-hydrogen) atoms. The Balaban J connectivity index is 3.14. The van der Waals surface area contributed by atoms with E-state index >= 15 is 0 Å². The second-order valence-corrected chi connectivity index (χ2v) is 5.06. The smallest absolute Gasteiger partial charge is 0.271 e. The zero-order chi connectivity index (χ0) is 17.2. The highest BCUT2D eigenvalue weighted by atomic mass is 16.5. The predicted molar refractivity (Wildman–Crippen MR) is 90.7 cm³/mol. The summed E-state index contributed by atoms with van der Waals surface area (Å²) in [5.74, 6) is 1.41. The summed E-state index contributed by atoms with van der Waals surface area (Å²) in [5.41, 5.74) is 2.90. The molecule has 0 unspecified atom stereocenters. The highest BCUT2D eigenvalue weighted by molar-refractivity contribution is 5.95. The third-order valence-electron chi connectivity index (χ3n) is 2.71. The average molecular weight is 322 g/mol. The fraction of sp³-hybridized carbons (Fsp3) is 0.529. The Kier molecular flexibility index (Phi) is 7.94. The van der Waals surface area contributed by atoms with Gasteiger partial charge in [-0.1, -0.05) is 13.8 Å². The fourth-order valence-corrected chi connectivity index (χ4v) is 1.83. The highest BCUT2D eigenvalue weighted by Crippen LogP contribution is 2.39. The lowest BCUT2D eigenvalue weighted by atomic mass is 10.1. The third kappa shape index (κ3) is 5.81. The van der Waals surface area contributed by atoms with E-state index in [-0.39, 0.29) is 11.8 Å². The number of benzene rings is 1. The molecule has 0 atom stereocenters. The van der Waals surface area contributed by atoms with E-state index in [0.717, 1.165) is 0 Å². The molecule has 0 saturated carbocycles. The van der Waals surface area contributed by atoms with Crippen molar-refractivity contribution in [3.63, 3.8) is 0 Å². The van der Waals surface area contributed by atoms with Crippen molar-refractivity contribution in [2.75, 3.05) is 19.8 Å². The second-order valence-electron chi connectivity index (χ2n) is 5.06. The summed E-state index contributed by atoms with van der Waals surface area (Å²) in [6, 6.07) is 3.27. The first-order chi connectivity index (χ1) is 11.0. The Labute approximate surface area is 137 Å². The largest absolute Gasteiger partial charge is 0.490 e. The third-order valence-corrected chi connectivity index (χ3v) is 2.71. The zero-order valence-electron chi connectivity index (χ0n) is 14.5. The summed E-state index contributed by atoms with van der Waals surface area (Å²) in [7, 11) is 0. The van der Waals surface area contributed by atoms with Crippen molar-refractivity contribution in [3.05, 3.63) is 17.7 Å². The van der Waals surface area contributed by atoms with Gasteiger partial charge < -0.3 is 14.2 Å². The quantitative estimate of drug-likeness (QED) is 0.560. The minimum atomic E-state index is -0.327. The normalized spacial score (nSPS) is 10.9. The van der Waals surface area contributed by atoms with Crippen molar-refractivity contribution < 1.29 is 19.0 Å². The first-order valence-corrected chi connectivity index (χ1v) is 7.93. The summed E-state index contributed by atoms with van der Waals surface area (Å²) < 4.78 is 16.8. The monoisotopic (exact) mass is 322 g/mol. The molecule has 0 aliphatic carbocycles. The van der Waals surface area contributed by atoms with Crippen LogP contribution in [0, 0.1) is 5.92 Å². The molecule has 0 bridgehead atoms. The first kappa shape index (κ1) is 18.8. The molecular formula is C17H26N2O4. The molecule has 1 rings (SSSR count). The summed E-state index contributed by atoms with van der Waals surface area (Å²) in [6.07, 6.45) is 1.67. The van der Waals surface area contributed by atoms with E-state index in [2.05, 4.69) is 10.5 Å². The van der Waals surface area contributed by atoms with Crippen molar-refractivity contribution in [1.82, 2.24) is 5.43 Å². The number of hydrogen-bond donors (Lipinski definition) is 1. The van der Waals surface area contributed by atoms with Crippen LogP contribution in [0.15, 0.2) is 17.2 Å². The van der Waals surface area contributed by atoms with Crippen LogP contribution in [0.1, 0.15) is 45.0 Å². The molecule has 0 aromatic heterocycles. The molecule has 0 spiro atoms. The molecule has 0 aliphatic heterocycles. The summed E-state index contributed by atoms with van der Waals surface area (Å²) in [5, 5.41) is 3.92. The molecule has 128 valence electrons. The van der Waals surface area contributed by atoms with Gasteiger partial charge in [0.2, 0.25) is 5.75 Å². The standard InChI is InChI=1S/C17H26N2O4/c1-6-21-14-9-13(17(20)19-18-11-12(4)5)10-15(22-7-2)16(14)23-8-3/h9-12H,6-8H2,1-5H3,(H,19,20). The number of carbonyl (C=O) groups is 1. The molecule has 6 nitrogen and oxygen atoms in total. The molecule has 0 fully saturated rings. The SMILES string of the molecule is CCOc1cc(C(=O)NN=CC(C)C)cc(OCC)c1OCC. The Morgan fingerprint density at radius 2 is 1.61 bits per heavy atom. The van der Waals surface area contributed by atoms with E-state index in [4.69, 9.17) is 14.2 Å². The number of amides is 1. The minimum Gasteiger partial charge on any atom is -0.490 e. The number of carbonyl (C=O) groups excluding carboxylic acids is 1. The van der Waals surface area contributed by atoms with Gasteiger partial charge in [-0.05, 0) is 38.8 Å². The van der Waals surface area contributed by atoms with Gasteiger partial charge in [-0.15, -0.1) is 0 Å². The lowest BCUT2D eigenvalue weighted by Crippen LogP contribution is -2.18. The molecular weight excluding hydrogens is 296 g/mol. The van der Waals surface area contributed by atoms with Crippen LogP contribution >= 0.6 is 0 Å². The Morgan fingerprint density at radius 3 is 2.04 bits per heavy atom. The van der Waals surface area contributed by atoms with E-state index in [1.165, 1.54) is 0 Å². The number of hydrogen-bond acceptors (Lipinski definition) is 5. The molecule has 0 heterocycles. The van der Waals surface area contributed by atoms with E-state index in [9.17, 15) is 4.79 Å². The van der Waals surface area contributed by atoms with Crippen LogP contribution < -0.4 is 19.6 Å². The molecule has 1 N–H and O–H groups in total. The number of hydrazone groups is 1. The lowest BCUT2D eigenvalue weighted by molar-refractivity contribution is 0.0954. The van der Waals surface area contributed by atoms with Gasteiger partial charge in [0.1, 0.15) is 0 Å². The zero-order valence-corrected chi connectivity index (χ0v) is 14.5. The number of nitrogens with zero attached hydrogens (tertiary/aromatic N) is 1. The maximum atomic E-state index is 12.2. The predicted octanol–water partition coefficient (Wildman–Crippen LogP) is 3.25. The van der Waals surface area contributed by atoms with Gasteiger partial charge in [-0.3, -0.25) is 4.79 Å². The van der Waals surface area contributed by atoms with Gasteiger partial charge >= 0.3 is 0 Å². The second kappa shape index (κ2) is 9.71. The molecule has 0 saturated heterocycles. The van der Waals surface area contributed by atoms with Gasteiger partial charge in [0.05, 0.1) is 19.8 Å². The number of ether oxygens (including phenoxy) is 3. The van der Waals surface area contributed by atoms with Crippen LogP contribution in [-0.4, -0.2) is 31.9 Å². The summed E-state index contributed by atoms with van der Waals surface area (Å²) in [4.78, 5) is 12.2. The van der Waals surface area contributed by atoms with Crippen LogP contribution in [0.5, 0.6) is 17.2 Å². The molecule has 1 aromatic carbocycles. The van der Waals surface area contributed by atoms with Crippen molar-refractivity contribution in [2.45, 2.75) is 34.6 Å². The van der Waals surface area contributed by atoms with Crippen LogP contribution in [0.25, 0.3) is 0 Å². The van der Waals surface area contributed by atoms with Crippen LogP contribution in [0.3, 0.4) is 0 Å². The van der Waals surface area contributed by atoms with Crippen molar-refractivity contribution in [1.29, 1.82) is 0 Å². The van der Waals surface area contributed by atoms with E-state index in [1.807, 2.05) is 34.6 Å². The average Bonchev–Trinajstić information content (AvgIpc) is 2.50. The van der Waals surface area contributed by atoms with Gasteiger partial charge in [0.15, 0.2) is 11.5 Å². The van der Waals surface area contributed by atoms with Crippen molar-refractivity contribution in [2.24, 2.45) is 11.0 Å². The van der Waals surface area contributed by atoms with Crippen LogP contribution in [-0.2, 0) is 0 Å². The van der Waals surface area contributed by atoms with Gasteiger partial charge in [-0.2, -0.15) is 5.10 Å². The molecule has 0 aliphatic rings. The maximum absolute atomic E-state index is 12.2. The Morgan fingerprint density at radius 1 is 1.09 bits per heavy atom. The molecule has 0 radical (unpaired) electrons. The van der Waals surface area contributed by atoms with Crippen molar-refractivity contribution >= 4 is 12.1 Å². The van der Waals surface area contributed by atoms with Crippen LogP contribution in [0.2, 0.25) is 0 Å². The summed E-state index contributed by atoms with van der Waals surface area (Å²) >= 11 is 0. The first-order valence-electron chi connectivity index (χ1n) is 7.93. The van der Waals surface area contributed by atoms with Crippen LogP contribution in [0.4, 0.5) is 0 Å². The molecule has 1 amide bonds.